The fourth-order valence-corrected chi connectivity index (χ4v) is 5.25. The molecule has 0 amide bonds. The highest BCUT2D eigenvalue weighted by Gasteiger charge is 2.31. The second kappa shape index (κ2) is 7.66. The molecule has 1 heterocycles. The molecule has 3 rings (SSSR count). The van der Waals surface area contributed by atoms with Gasteiger partial charge in [0.2, 0.25) is 0 Å². The number of esters is 2. The molecule has 25 heavy (non-hydrogen) atoms. The molecule has 0 fully saturated rings. The Balaban J connectivity index is 2.31. The van der Waals surface area contributed by atoms with E-state index in [0.717, 1.165) is 27.3 Å². The molecule has 2 aromatic rings. The van der Waals surface area contributed by atoms with Gasteiger partial charge in [0.25, 0.3) is 0 Å². The molecular weight excluding hydrogens is 336 g/mol. The van der Waals surface area contributed by atoms with Crippen LogP contribution in [0, 0.1) is 0 Å². The highest BCUT2D eigenvalue weighted by Crippen LogP contribution is 2.46. The Morgan fingerprint density at radius 3 is 1.72 bits per heavy atom. The topological polar surface area (TPSA) is 52.6 Å². The smallest absolute Gasteiger partial charge is 0.352 e. The van der Waals surface area contributed by atoms with Crippen LogP contribution in [0.4, 0.5) is 0 Å². The highest BCUT2D eigenvalue weighted by atomic mass is 32.2. The molecule has 0 radical (unpaired) electrons. The van der Waals surface area contributed by atoms with Crippen LogP contribution >= 0.6 is 10.5 Å². The summed E-state index contributed by atoms with van der Waals surface area (Å²) in [6, 6.07) is 15.9. The number of carbonyl (C=O) groups is 2. The Kier molecular flexibility index (Phi) is 5.34. The summed E-state index contributed by atoms with van der Waals surface area (Å²) >= 11 is 0. The standard InChI is InChI=1S/C20H20O4S/c1-3-23-19(21)18(20(22)24-4-2)25-16-11-7-5-9-14(16)13-15-10-6-8-12-17(15)25/h5-12H,3-4,13H2,1-2H3. The monoisotopic (exact) mass is 356 g/mol. The lowest BCUT2D eigenvalue weighted by Crippen LogP contribution is -2.29. The van der Waals surface area contributed by atoms with E-state index in [1.165, 1.54) is 0 Å². The van der Waals surface area contributed by atoms with Gasteiger partial charge in [0.15, 0.2) is 4.86 Å². The van der Waals surface area contributed by atoms with Crippen molar-refractivity contribution in [2.24, 2.45) is 0 Å². The molecule has 4 nitrogen and oxygen atoms in total. The van der Waals surface area contributed by atoms with Crippen LogP contribution in [0.3, 0.4) is 0 Å². The fourth-order valence-electron chi connectivity index (χ4n) is 2.88. The predicted molar refractivity (Wildman–Crippen MR) is 98.1 cm³/mol. The zero-order valence-electron chi connectivity index (χ0n) is 14.3. The lowest BCUT2D eigenvalue weighted by Gasteiger charge is -2.25. The van der Waals surface area contributed by atoms with Crippen molar-refractivity contribution in [1.82, 2.24) is 0 Å². The third-order valence-electron chi connectivity index (χ3n) is 3.89. The van der Waals surface area contributed by atoms with Crippen molar-refractivity contribution in [2.45, 2.75) is 30.1 Å². The van der Waals surface area contributed by atoms with Crippen LogP contribution in [-0.2, 0) is 25.5 Å². The number of ether oxygens (including phenoxy) is 2. The van der Waals surface area contributed by atoms with Gasteiger partial charge in [-0.2, -0.15) is 0 Å². The van der Waals surface area contributed by atoms with Crippen LogP contribution in [0.15, 0.2) is 58.3 Å². The molecule has 5 heteroatoms. The van der Waals surface area contributed by atoms with Gasteiger partial charge in [-0.25, -0.2) is 9.59 Å². The molecule has 0 saturated heterocycles. The van der Waals surface area contributed by atoms with Gasteiger partial charge < -0.3 is 9.47 Å². The minimum Gasteiger partial charge on any atom is -0.462 e. The van der Waals surface area contributed by atoms with E-state index < -0.39 is 22.4 Å². The van der Waals surface area contributed by atoms with Gasteiger partial charge in [0.05, 0.1) is 13.2 Å². The Morgan fingerprint density at radius 2 is 1.28 bits per heavy atom. The Labute approximate surface area is 149 Å². The van der Waals surface area contributed by atoms with Gasteiger partial charge in [-0.15, -0.1) is 10.5 Å². The van der Waals surface area contributed by atoms with Gasteiger partial charge in [0, 0.05) is 9.79 Å². The molecule has 0 N–H and O–H groups in total. The molecular formula is C20H20O4S. The van der Waals surface area contributed by atoms with Crippen LogP contribution in [0.25, 0.3) is 0 Å². The first-order valence-electron chi connectivity index (χ1n) is 8.28. The van der Waals surface area contributed by atoms with Crippen molar-refractivity contribution < 1.29 is 19.1 Å². The third-order valence-corrected chi connectivity index (χ3v) is 6.31. The molecule has 130 valence electrons. The first-order valence-corrected chi connectivity index (χ1v) is 9.51. The molecule has 0 aliphatic carbocycles. The second-order valence-electron chi connectivity index (χ2n) is 5.47. The van der Waals surface area contributed by atoms with Gasteiger partial charge >= 0.3 is 11.9 Å². The van der Waals surface area contributed by atoms with E-state index in [1.54, 1.807) is 13.8 Å². The number of carbonyl (C=O) groups excluding carboxylic acids is 2. The van der Waals surface area contributed by atoms with E-state index in [-0.39, 0.29) is 18.1 Å². The van der Waals surface area contributed by atoms with E-state index in [2.05, 4.69) is 0 Å². The maximum Gasteiger partial charge on any atom is 0.352 e. The summed E-state index contributed by atoms with van der Waals surface area (Å²) in [5.74, 6) is -1.20. The zero-order chi connectivity index (χ0) is 17.8. The average Bonchev–Trinajstić information content (AvgIpc) is 2.62. The quantitative estimate of drug-likeness (QED) is 0.407. The highest BCUT2D eigenvalue weighted by molar-refractivity contribution is 8.18. The van der Waals surface area contributed by atoms with Gasteiger partial charge in [-0.1, -0.05) is 36.4 Å². The van der Waals surface area contributed by atoms with Gasteiger partial charge in [0.1, 0.15) is 0 Å². The first-order chi connectivity index (χ1) is 12.2. The molecule has 0 saturated carbocycles. The van der Waals surface area contributed by atoms with Gasteiger partial charge in [-0.3, -0.25) is 0 Å². The summed E-state index contributed by atoms with van der Waals surface area (Å²) in [6.07, 6.45) is 0.786. The van der Waals surface area contributed by atoms with Crippen molar-refractivity contribution in [3.8, 4) is 0 Å². The summed E-state index contributed by atoms with van der Waals surface area (Å²) in [7, 11) is -0.828. The summed E-state index contributed by atoms with van der Waals surface area (Å²) in [5.41, 5.74) is 2.24. The largest absolute Gasteiger partial charge is 0.462 e. The molecule has 0 atom stereocenters. The van der Waals surface area contributed by atoms with Crippen LogP contribution in [0.1, 0.15) is 25.0 Å². The van der Waals surface area contributed by atoms with Crippen LogP contribution in [-0.4, -0.2) is 30.0 Å². The maximum absolute atomic E-state index is 12.6. The SMILES string of the molecule is CCOC(=O)C(C(=O)OCC)=S1c2ccccc2Cc2ccccc21. The minimum atomic E-state index is -0.828. The lowest BCUT2D eigenvalue weighted by molar-refractivity contribution is -0.140. The maximum atomic E-state index is 12.6. The van der Waals surface area contributed by atoms with Crippen LogP contribution in [0.2, 0.25) is 0 Å². The molecule has 2 aromatic carbocycles. The Bertz CT molecular complexity index is 787. The zero-order valence-corrected chi connectivity index (χ0v) is 15.1. The van der Waals surface area contributed by atoms with Crippen molar-refractivity contribution in [3.05, 3.63) is 59.7 Å². The van der Waals surface area contributed by atoms with E-state index in [1.807, 2.05) is 48.5 Å². The second-order valence-corrected chi connectivity index (χ2v) is 7.37. The molecule has 0 unspecified atom stereocenters. The van der Waals surface area contributed by atoms with E-state index in [0.29, 0.717) is 0 Å². The third kappa shape index (κ3) is 3.37. The van der Waals surface area contributed by atoms with E-state index in [9.17, 15) is 9.59 Å². The van der Waals surface area contributed by atoms with Crippen molar-refractivity contribution in [3.63, 3.8) is 0 Å². The number of fused-ring (bicyclic) bond motifs is 2. The average molecular weight is 356 g/mol. The van der Waals surface area contributed by atoms with Crippen molar-refractivity contribution in [1.29, 1.82) is 0 Å². The fraction of sp³-hybridized carbons (Fsp3) is 0.250. The molecule has 0 bridgehead atoms. The Hall–Kier alpha value is -2.40. The Morgan fingerprint density at radius 1 is 0.840 bits per heavy atom. The number of hydrogen-bond donors (Lipinski definition) is 0. The van der Waals surface area contributed by atoms with E-state index >= 15 is 0 Å². The number of benzene rings is 2. The minimum absolute atomic E-state index is 0.0725. The van der Waals surface area contributed by atoms with Crippen LogP contribution in [0.5, 0.6) is 0 Å². The number of hydrogen-bond acceptors (Lipinski definition) is 4. The predicted octanol–water partition coefficient (Wildman–Crippen LogP) is 3.58. The normalized spacial score (nSPS) is 12.7. The number of rotatable bonds is 4. The molecule has 1 aliphatic heterocycles. The summed E-state index contributed by atoms with van der Waals surface area (Å²) in [6.45, 7) is 3.88. The van der Waals surface area contributed by atoms with Crippen molar-refractivity contribution >= 4 is 27.3 Å². The molecule has 0 aromatic heterocycles. The summed E-state index contributed by atoms with van der Waals surface area (Å²) in [5, 5.41) is 0. The van der Waals surface area contributed by atoms with Crippen molar-refractivity contribution in [2.75, 3.05) is 13.2 Å². The first kappa shape index (κ1) is 17.4. The summed E-state index contributed by atoms with van der Waals surface area (Å²) in [4.78, 5) is 27.3. The lowest BCUT2D eigenvalue weighted by atomic mass is 10.0. The van der Waals surface area contributed by atoms with Gasteiger partial charge in [-0.05, 0) is 43.5 Å². The summed E-state index contributed by atoms with van der Waals surface area (Å²) < 4.78 is 10.4. The molecule has 0 spiro atoms. The molecule has 1 aliphatic rings. The van der Waals surface area contributed by atoms with E-state index in [4.69, 9.17) is 9.47 Å². The van der Waals surface area contributed by atoms with Crippen LogP contribution < -0.4 is 0 Å².